The van der Waals surface area contributed by atoms with E-state index in [-0.39, 0.29) is 17.9 Å². The first-order valence-electron chi connectivity index (χ1n) is 12.1. The Labute approximate surface area is 218 Å². The van der Waals surface area contributed by atoms with Gasteiger partial charge in [0.1, 0.15) is 23.9 Å². The van der Waals surface area contributed by atoms with Crippen LogP contribution in [0.15, 0.2) is 73.3 Å². The smallest absolute Gasteiger partial charge is 0.305 e. The molecule has 1 atom stereocenters. The second-order valence-corrected chi connectivity index (χ2v) is 9.42. The highest BCUT2D eigenvalue weighted by molar-refractivity contribution is 5.71. The van der Waals surface area contributed by atoms with Gasteiger partial charge in [0, 0.05) is 24.5 Å². The summed E-state index contributed by atoms with van der Waals surface area (Å²) >= 11 is 0. The van der Waals surface area contributed by atoms with Crippen LogP contribution in [-0.2, 0) is 27.3 Å². The zero-order valence-corrected chi connectivity index (χ0v) is 22.2. The van der Waals surface area contributed by atoms with Gasteiger partial charge in [-0.2, -0.15) is 0 Å². The summed E-state index contributed by atoms with van der Waals surface area (Å²) in [4.78, 5) is 11.5. The van der Waals surface area contributed by atoms with Gasteiger partial charge in [0.25, 0.3) is 0 Å². The van der Waals surface area contributed by atoms with Gasteiger partial charge in [0.2, 0.25) is 0 Å². The first kappa shape index (κ1) is 27.9. The zero-order valence-electron chi connectivity index (χ0n) is 22.2. The topological polar surface area (TPSA) is 54.0 Å². The van der Waals surface area contributed by atoms with Gasteiger partial charge >= 0.3 is 5.97 Å². The lowest BCUT2D eigenvalue weighted by molar-refractivity contribution is -0.140. The van der Waals surface area contributed by atoms with Crippen LogP contribution in [0.3, 0.4) is 0 Å². The van der Waals surface area contributed by atoms with Crippen LogP contribution in [0.2, 0.25) is 0 Å². The average Bonchev–Trinajstić information content (AvgIpc) is 2.91. The van der Waals surface area contributed by atoms with E-state index in [0.717, 1.165) is 16.7 Å². The molecule has 0 radical (unpaired) electrons. The van der Waals surface area contributed by atoms with Crippen LogP contribution in [0.25, 0.3) is 11.1 Å². The molecule has 3 aromatic carbocycles. The molecule has 1 unspecified atom stereocenters. The number of benzene rings is 3. The van der Waals surface area contributed by atoms with Crippen molar-refractivity contribution in [1.82, 2.24) is 0 Å². The molecule has 3 rings (SSSR count). The maximum atomic E-state index is 15.0. The van der Waals surface area contributed by atoms with Gasteiger partial charge in [-0.05, 0) is 65.1 Å². The third kappa shape index (κ3) is 6.98. The van der Waals surface area contributed by atoms with Crippen molar-refractivity contribution in [3.8, 4) is 22.6 Å². The van der Waals surface area contributed by atoms with Crippen LogP contribution < -0.4 is 9.47 Å². The molecule has 6 heteroatoms. The standard InChI is InChI=1S/C31H35FO5/c1-7-31(2,3)30(36-6)27-18-22(11-14-25(27)26-19-23(34-4)13-15-28(26)32)20-37-24-10-8-9-21(17-24)12-16-29(33)35-5/h7-11,13-15,17-19,30H,1,12,16,20H2,2-6H3. The van der Waals surface area contributed by atoms with Gasteiger partial charge in [-0.1, -0.05) is 44.2 Å². The number of halogens is 1. The summed E-state index contributed by atoms with van der Waals surface area (Å²) in [5.41, 5.74) is 3.44. The number of carbonyl (C=O) groups is 1. The predicted molar refractivity (Wildman–Crippen MR) is 143 cm³/mol. The van der Waals surface area contributed by atoms with Crippen molar-refractivity contribution < 1.29 is 28.1 Å². The first-order chi connectivity index (χ1) is 17.7. The number of rotatable bonds is 12. The summed E-state index contributed by atoms with van der Waals surface area (Å²) in [5.74, 6) is 0.669. The number of aryl methyl sites for hydroxylation is 1. The lowest BCUT2D eigenvalue weighted by atomic mass is 9.79. The highest BCUT2D eigenvalue weighted by Gasteiger charge is 2.31. The van der Waals surface area contributed by atoms with Crippen molar-refractivity contribution in [2.75, 3.05) is 21.3 Å². The van der Waals surface area contributed by atoms with Crippen LogP contribution in [0.1, 0.15) is 43.1 Å². The van der Waals surface area contributed by atoms with Crippen molar-refractivity contribution in [2.24, 2.45) is 5.41 Å². The molecule has 0 fully saturated rings. The lowest BCUT2D eigenvalue weighted by Gasteiger charge is -2.32. The van der Waals surface area contributed by atoms with Gasteiger partial charge in [-0.3, -0.25) is 4.79 Å². The molecule has 5 nitrogen and oxygen atoms in total. The van der Waals surface area contributed by atoms with Crippen LogP contribution in [-0.4, -0.2) is 27.3 Å². The minimum absolute atomic E-state index is 0.249. The molecule has 3 aromatic rings. The number of esters is 1. The zero-order chi connectivity index (χ0) is 27.0. The van der Waals surface area contributed by atoms with Gasteiger partial charge < -0.3 is 18.9 Å². The van der Waals surface area contributed by atoms with Crippen molar-refractivity contribution >= 4 is 5.97 Å². The van der Waals surface area contributed by atoms with Crippen LogP contribution in [0, 0.1) is 11.2 Å². The molecule has 0 saturated heterocycles. The summed E-state index contributed by atoms with van der Waals surface area (Å²) in [7, 11) is 4.58. The van der Waals surface area contributed by atoms with E-state index in [1.807, 2.05) is 62.4 Å². The molecular formula is C31H35FO5. The number of hydrogen-bond donors (Lipinski definition) is 0. The maximum Gasteiger partial charge on any atom is 0.305 e. The van der Waals surface area contributed by atoms with E-state index >= 15 is 0 Å². The van der Waals surface area contributed by atoms with Gasteiger partial charge in [0.05, 0.1) is 20.3 Å². The van der Waals surface area contributed by atoms with E-state index < -0.39 is 5.41 Å². The highest BCUT2D eigenvalue weighted by atomic mass is 19.1. The summed E-state index contributed by atoms with van der Waals surface area (Å²) < 4.78 is 37.1. The Morgan fingerprint density at radius 3 is 2.43 bits per heavy atom. The fraction of sp³-hybridized carbons (Fsp3) is 0.323. The number of hydrogen-bond acceptors (Lipinski definition) is 5. The Bertz CT molecular complexity index is 1230. The Kier molecular flexibility index (Phi) is 9.48. The second-order valence-electron chi connectivity index (χ2n) is 9.42. The lowest BCUT2D eigenvalue weighted by Crippen LogP contribution is -2.22. The van der Waals surface area contributed by atoms with Crippen molar-refractivity contribution in [3.05, 3.63) is 95.8 Å². The Balaban J connectivity index is 1.94. The molecule has 0 saturated carbocycles. The van der Waals surface area contributed by atoms with E-state index in [4.69, 9.17) is 18.9 Å². The third-order valence-corrected chi connectivity index (χ3v) is 6.45. The third-order valence-electron chi connectivity index (χ3n) is 6.45. The van der Waals surface area contributed by atoms with E-state index in [1.54, 1.807) is 26.4 Å². The number of carbonyl (C=O) groups excluding carboxylic acids is 1. The van der Waals surface area contributed by atoms with Crippen LogP contribution in [0.4, 0.5) is 4.39 Å². The summed E-state index contributed by atoms with van der Waals surface area (Å²) in [6, 6.07) is 18.2. The largest absolute Gasteiger partial charge is 0.497 e. The fourth-order valence-electron chi connectivity index (χ4n) is 4.25. The van der Waals surface area contributed by atoms with Gasteiger partial charge in [-0.25, -0.2) is 4.39 Å². The Morgan fingerprint density at radius 1 is 0.973 bits per heavy atom. The van der Waals surface area contributed by atoms with Crippen molar-refractivity contribution in [3.63, 3.8) is 0 Å². The fourth-order valence-corrected chi connectivity index (χ4v) is 4.25. The number of methoxy groups -OCH3 is 3. The van der Waals surface area contributed by atoms with Crippen LogP contribution in [0.5, 0.6) is 11.5 Å². The minimum Gasteiger partial charge on any atom is -0.497 e. The molecule has 0 aromatic heterocycles. The summed E-state index contributed by atoms with van der Waals surface area (Å²) in [6.45, 7) is 8.35. The molecule has 0 heterocycles. The molecule has 196 valence electrons. The van der Waals surface area contributed by atoms with Crippen molar-refractivity contribution in [2.45, 2.75) is 39.4 Å². The Morgan fingerprint density at radius 2 is 1.76 bits per heavy atom. The normalized spacial score (nSPS) is 12.1. The first-order valence-corrected chi connectivity index (χ1v) is 12.1. The quantitative estimate of drug-likeness (QED) is 0.194. The van der Waals surface area contributed by atoms with Crippen LogP contribution >= 0.6 is 0 Å². The van der Waals surface area contributed by atoms with Gasteiger partial charge in [0.15, 0.2) is 0 Å². The molecule has 0 bridgehead atoms. The summed E-state index contributed by atoms with van der Waals surface area (Å²) in [6.07, 6.45) is 2.34. The SMILES string of the molecule is C=CC(C)(C)C(OC)c1cc(COc2cccc(CCC(=O)OC)c2)ccc1-c1cc(OC)ccc1F. The maximum absolute atomic E-state index is 15.0. The second kappa shape index (κ2) is 12.5. The molecule has 0 aliphatic rings. The molecule has 0 aliphatic carbocycles. The predicted octanol–water partition coefficient (Wildman–Crippen LogP) is 7.09. The summed E-state index contributed by atoms with van der Waals surface area (Å²) in [5, 5.41) is 0. The monoisotopic (exact) mass is 506 g/mol. The Hall–Kier alpha value is -3.64. The van der Waals surface area contributed by atoms with E-state index in [9.17, 15) is 9.18 Å². The molecular weight excluding hydrogens is 471 g/mol. The molecule has 0 aliphatic heterocycles. The molecule has 37 heavy (non-hydrogen) atoms. The molecule has 0 N–H and O–H groups in total. The van der Waals surface area contributed by atoms with E-state index in [2.05, 4.69) is 6.58 Å². The van der Waals surface area contributed by atoms with Gasteiger partial charge in [-0.15, -0.1) is 6.58 Å². The highest BCUT2D eigenvalue weighted by Crippen LogP contribution is 2.43. The molecule has 0 amide bonds. The minimum atomic E-state index is -0.424. The average molecular weight is 507 g/mol. The van der Waals surface area contributed by atoms with E-state index in [0.29, 0.717) is 42.1 Å². The number of ether oxygens (including phenoxy) is 4. The molecule has 0 spiro atoms. The van der Waals surface area contributed by atoms with Crippen molar-refractivity contribution in [1.29, 1.82) is 0 Å². The van der Waals surface area contributed by atoms with E-state index in [1.165, 1.54) is 13.2 Å².